The zero-order chi connectivity index (χ0) is 14.9. The predicted octanol–water partition coefficient (Wildman–Crippen LogP) is 7.36. The number of benzene rings is 1. The van der Waals surface area contributed by atoms with Crippen LogP contribution < -0.4 is 0 Å². The molecule has 1 aromatic rings. The molecule has 1 aliphatic rings. The Kier molecular flexibility index (Phi) is 7.64. The van der Waals surface area contributed by atoms with Crippen LogP contribution in [0.5, 0.6) is 0 Å². The molecule has 0 atom stereocenters. The van der Waals surface area contributed by atoms with E-state index in [1.165, 1.54) is 76.2 Å². The summed E-state index contributed by atoms with van der Waals surface area (Å²) in [7, 11) is 0. The van der Waals surface area contributed by atoms with Crippen molar-refractivity contribution in [1.82, 2.24) is 0 Å². The van der Waals surface area contributed by atoms with Gasteiger partial charge in [0, 0.05) is 5.02 Å². The summed E-state index contributed by atoms with van der Waals surface area (Å²) < 4.78 is 0. The van der Waals surface area contributed by atoms with Crippen LogP contribution in [0.2, 0.25) is 5.02 Å². The van der Waals surface area contributed by atoms with Crippen molar-refractivity contribution >= 4 is 11.6 Å². The van der Waals surface area contributed by atoms with E-state index in [1.54, 1.807) is 0 Å². The van der Waals surface area contributed by atoms with E-state index in [-0.39, 0.29) is 0 Å². The van der Waals surface area contributed by atoms with Gasteiger partial charge >= 0.3 is 0 Å². The number of unbranched alkanes of at least 4 members (excludes halogenated alkanes) is 5. The molecule has 118 valence electrons. The molecule has 0 spiro atoms. The van der Waals surface area contributed by atoms with Gasteiger partial charge in [-0.15, -0.1) is 0 Å². The van der Waals surface area contributed by atoms with E-state index < -0.39 is 0 Å². The molecule has 0 saturated heterocycles. The van der Waals surface area contributed by atoms with E-state index in [2.05, 4.69) is 19.1 Å². The summed E-state index contributed by atoms with van der Waals surface area (Å²) in [6, 6.07) is 8.53. The topological polar surface area (TPSA) is 0 Å². The second-order valence-corrected chi connectivity index (χ2v) is 7.26. The molecule has 1 saturated carbocycles. The van der Waals surface area contributed by atoms with Crippen molar-refractivity contribution in [2.45, 2.75) is 83.5 Å². The third-order valence-corrected chi connectivity index (χ3v) is 5.41. The first-order chi connectivity index (χ1) is 10.3. The summed E-state index contributed by atoms with van der Waals surface area (Å²) in [5.41, 5.74) is 1.50. The molecule has 0 radical (unpaired) electrons. The van der Waals surface area contributed by atoms with Gasteiger partial charge in [-0.1, -0.05) is 75.6 Å². The predicted molar refractivity (Wildman–Crippen MR) is 94.1 cm³/mol. The molecular formula is C20H31Cl. The summed E-state index contributed by atoms with van der Waals surface area (Å²) in [5.74, 6) is 1.78. The average Bonchev–Trinajstić information content (AvgIpc) is 2.52. The van der Waals surface area contributed by atoms with Gasteiger partial charge in [0.25, 0.3) is 0 Å². The quantitative estimate of drug-likeness (QED) is 0.440. The van der Waals surface area contributed by atoms with Crippen LogP contribution >= 0.6 is 11.6 Å². The van der Waals surface area contributed by atoms with Crippen LogP contribution in [0.3, 0.4) is 0 Å². The number of halogens is 1. The Morgan fingerprint density at radius 2 is 1.48 bits per heavy atom. The monoisotopic (exact) mass is 306 g/mol. The fourth-order valence-electron chi connectivity index (χ4n) is 3.73. The summed E-state index contributed by atoms with van der Waals surface area (Å²) >= 11 is 5.98. The Labute approximate surface area is 136 Å². The highest BCUT2D eigenvalue weighted by atomic mass is 35.5. The standard InChI is InChI=1S/C20H31Cl/c1-2-3-4-5-6-7-8-17-9-11-18(12-10-17)19-13-15-20(21)16-14-19/h13-18H,2-12H2,1H3. The highest BCUT2D eigenvalue weighted by molar-refractivity contribution is 6.30. The number of hydrogen-bond acceptors (Lipinski definition) is 0. The molecule has 1 aliphatic carbocycles. The maximum absolute atomic E-state index is 5.98. The van der Waals surface area contributed by atoms with Gasteiger partial charge in [-0.05, 0) is 55.2 Å². The summed E-state index contributed by atoms with van der Waals surface area (Å²) in [6.45, 7) is 2.29. The van der Waals surface area contributed by atoms with E-state index in [0.717, 1.165) is 16.9 Å². The third-order valence-electron chi connectivity index (χ3n) is 5.15. The lowest BCUT2D eigenvalue weighted by Gasteiger charge is -2.29. The van der Waals surface area contributed by atoms with E-state index in [4.69, 9.17) is 11.6 Å². The molecule has 1 heteroatoms. The van der Waals surface area contributed by atoms with Crippen LogP contribution in [0.4, 0.5) is 0 Å². The van der Waals surface area contributed by atoms with Gasteiger partial charge in [-0.25, -0.2) is 0 Å². The molecule has 1 fully saturated rings. The Balaban J connectivity index is 1.61. The molecule has 0 heterocycles. The minimum Gasteiger partial charge on any atom is -0.0843 e. The smallest absolute Gasteiger partial charge is 0.0406 e. The van der Waals surface area contributed by atoms with Crippen LogP contribution in [0.1, 0.15) is 89.0 Å². The first kappa shape index (κ1) is 16.9. The van der Waals surface area contributed by atoms with Crippen molar-refractivity contribution in [2.24, 2.45) is 5.92 Å². The van der Waals surface area contributed by atoms with Crippen molar-refractivity contribution in [3.63, 3.8) is 0 Å². The normalized spacial score (nSPS) is 22.4. The van der Waals surface area contributed by atoms with E-state index in [9.17, 15) is 0 Å². The number of rotatable bonds is 8. The highest BCUT2D eigenvalue weighted by Gasteiger charge is 2.21. The summed E-state index contributed by atoms with van der Waals surface area (Å²) in [5, 5.41) is 0.857. The van der Waals surface area contributed by atoms with Crippen LogP contribution in [0, 0.1) is 5.92 Å². The molecule has 21 heavy (non-hydrogen) atoms. The molecule has 0 bridgehead atoms. The summed E-state index contributed by atoms with van der Waals surface area (Å²) in [4.78, 5) is 0. The Hall–Kier alpha value is -0.490. The first-order valence-corrected chi connectivity index (χ1v) is 9.43. The van der Waals surface area contributed by atoms with Crippen molar-refractivity contribution in [2.75, 3.05) is 0 Å². The second kappa shape index (κ2) is 9.51. The van der Waals surface area contributed by atoms with Crippen LogP contribution in [0.25, 0.3) is 0 Å². The highest BCUT2D eigenvalue weighted by Crippen LogP contribution is 2.38. The molecule has 0 aromatic heterocycles. The Morgan fingerprint density at radius 1 is 0.857 bits per heavy atom. The third kappa shape index (κ3) is 6.02. The van der Waals surface area contributed by atoms with Gasteiger partial charge < -0.3 is 0 Å². The van der Waals surface area contributed by atoms with Crippen LogP contribution in [-0.2, 0) is 0 Å². The molecule has 2 rings (SSSR count). The zero-order valence-corrected chi connectivity index (χ0v) is 14.4. The van der Waals surface area contributed by atoms with E-state index in [1.807, 2.05) is 12.1 Å². The number of hydrogen-bond donors (Lipinski definition) is 0. The molecule has 0 aliphatic heterocycles. The molecule has 0 amide bonds. The van der Waals surface area contributed by atoms with Crippen LogP contribution in [-0.4, -0.2) is 0 Å². The van der Waals surface area contributed by atoms with Gasteiger partial charge in [0.05, 0.1) is 0 Å². The van der Waals surface area contributed by atoms with Gasteiger partial charge in [-0.3, -0.25) is 0 Å². The Morgan fingerprint density at radius 3 is 2.14 bits per heavy atom. The maximum atomic E-state index is 5.98. The van der Waals surface area contributed by atoms with E-state index in [0.29, 0.717) is 0 Å². The van der Waals surface area contributed by atoms with Crippen LogP contribution in [0.15, 0.2) is 24.3 Å². The van der Waals surface area contributed by atoms with E-state index >= 15 is 0 Å². The van der Waals surface area contributed by atoms with Crippen molar-refractivity contribution in [1.29, 1.82) is 0 Å². The summed E-state index contributed by atoms with van der Waals surface area (Å²) in [6.07, 6.45) is 15.7. The minimum absolute atomic E-state index is 0.781. The first-order valence-electron chi connectivity index (χ1n) is 9.05. The van der Waals surface area contributed by atoms with Crippen molar-refractivity contribution in [3.05, 3.63) is 34.9 Å². The lowest BCUT2D eigenvalue weighted by Crippen LogP contribution is -2.13. The SMILES string of the molecule is CCCCCCCCC1CCC(c2ccc(Cl)cc2)CC1. The Bertz CT molecular complexity index is 373. The fourth-order valence-corrected chi connectivity index (χ4v) is 3.86. The van der Waals surface area contributed by atoms with Gasteiger partial charge in [0.2, 0.25) is 0 Å². The lowest BCUT2D eigenvalue weighted by atomic mass is 9.77. The van der Waals surface area contributed by atoms with Gasteiger partial charge in [-0.2, -0.15) is 0 Å². The van der Waals surface area contributed by atoms with Gasteiger partial charge in [0.15, 0.2) is 0 Å². The largest absolute Gasteiger partial charge is 0.0843 e. The lowest BCUT2D eigenvalue weighted by molar-refractivity contribution is 0.302. The zero-order valence-electron chi connectivity index (χ0n) is 13.6. The second-order valence-electron chi connectivity index (χ2n) is 6.83. The fraction of sp³-hybridized carbons (Fsp3) is 0.700. The molecule has 0 N–H and O–H groups in total. The van der Waals surface area contributed by atoms with Crippen molar-refractivity contribution < 1.29 is 0 Å². The molecular weight excluding hydrogens is 276 g/mol. The maximum Gasteiger partial charge on any atom is 0.0406 e. The molecule has 0 unspecified atom stereocenters. The average molecular weight is 307 g/mol. The minimum atomic E-state index is 0.781. The molecule has 0 nitrogen and oxygen atoms in total. The van der Waals surface area contributed by atoms with Crippen molar-refractivity contribution in [3.8, 4) is 0 Å². The van der Waals surface area contributed by atoms with Gasteiger partial charge in [0.1, 0.15) is 0 Å². The molecule has 1 aromatic carbocycles.